The maximum Gasteiger partial charge on any atom is 0.414 e. The number of ether oxygens (including phenoxy) is 2. The van der Waals surface area contributed by atoms with E-state index in [-0.39, 0.29) is 22.8 Å². The SMILES string of the molecule is CCCCC(CC)COC(=O)Nc1oc(C)c(C(=O)OC)c1C#N. The molecular formula is C17H24N2O5. The van der Waals surface area contributed by atoms with Gasteiger partial charge in [-0.05, 0) is 19.3 Å². The minimum absolute atomic E-state index is 0.00433. The molecule has 0 aliphatic carbocycles. The Bertz CT molecular complexity index is 615. The molecule has 1 unspecified atom stereocenters. The fraction of sp³-hybridized carbons (Fsp3) is 0.588. The van der Waals surface area contributed by atoms with E-state index < -0.39 is 12.1 Å². The smallest absolute Gasteiger partial charge is 0.414 e. The van der Waals surface area contributed by atoms with Gasteiger partial charge in [-0.15, -0.1) is 0 Å². The van der Waals surface area contributed by atoms with Gasteiger partial charge in [0.1, 0.15) is 23.0 Å². The third-order valence-electron chi connectivity index (χ3n) is 3.79. The number of aryl methyl sites for hydroxylation is 1. The van der Waals surface area contributed by atoms with Gasteiger partial charge in [-0.2, -0.15) is 5.26 Å². The number of amides is 1. The number of rotatable bonds is 8. The molecule has 1 rings (SSSR count). The van der Waals surface area contributed by atoms with E-state index in [9.17, 15) is 14.9 Å². The Balaban J connectivity index is 2.74. The molecule has 0 saturated heterocycles. The lowest BCUT2D eigenvalue weighted by molar-refractivity contribution is 0.0598. The van der Waals surface area contributed by atoms with Gasteiger partial charge in [-0.25, -0.2) is 9.59 Å². The third-order valence-corrected chi connectivity index (χ3v) is 3.79. The normalized spacial score (nSPS) is 11.5. The number of methoxy groups -OCH3 is 1. The van der Waals surface area contributed by atoms with Crippen molar-refractivity contribution < 1.29 is 23.5 Å². The fourth-order valence-electron chi connectivity index (χ4n) is 2.31. The minimum atomic E-state index is -0.716. The second kappa shape index (κ2) is 9.60. The average Bonchev–Trinajstić information content (AvgIpc) is 2.89. The Labute approximate surface area is 141 Å². The zero-order valence-corrected chi connectivity index (χ0v) is 14.6. The third kappa shape index (κ3) is 5.01. The molecule has 0 radical (unpaired) electrons. The Kier molecular flexibility index (Phi) is 7.83. The van der Waals surface area contributed by atoms with Crippen molar-refractivity contribution in [3.63, 3.8) is 0 Å². The summed E-state index contributed by atoms with van der Waals surface area (Å²) in [4.78, 5) is 23.6. The van der Waals surface area contributed by atoms with Crippen molar-refractivity contribution in [2.75, 3.05) is 19.0 Å². The maximum atomic E-state index is 11.9. The van der Waals surface area contributed by atoms with Crippen molar-refractivity contribution >= 4 is 17.9 Å². The van der Waals surface area contributed by atoms with Gasteiger partial charge in [0, 0.05) is 0 Å². The predicted octanol–water partition coefficient (Wildman–Crippen LogP) is 4.01. The van der Waals surface area contributed by atoms with Crippen molar-refractivity contribution in [1.29, 1.82) is 5.26 Å². The van der Waals surface area contributed by atoms with E-state index in [1.54, 1.807) is 0 Å². The van der Waals surface area contributed by atoms with E-state index in [1.807, 2.05) is 13.0 Å². The zero-order valence-electron chi connectivity index (χ0n) is 14.6. The van der Waals surface area contributed by atoms with Gasteiger partial charge < -0.3 is 13.9 Å². The topological polar surface area (TPSA) is 102 Å². The van der Waals surface area contributed by atoms with E-state index in [4.69, 9.17) is 9.15 Å². The van der Waals surface area contributed by atoms with E-state index in [0.717, 1.165) is 25.7 Å². The number of nitrogens with zero attached hydrogens (tertiary/aromatic N) is 1. The minimum Gasteiger partial charge on any atom is -0.465 e. The first-order valence-electron chi connectivity index (χ1n) is 8.03. The summed E-state index contributed by atoms with van der Waals surface area (Å²) in [6, 6.07) is 1.84. The largest absolute Gasteiger partial charge is 0.465 e. The number of nitrogens with one attached hydrogen (secondary N) is 1. The van der Waals surface area contributed by atoms with Gasteiger partial charge in [0.05, 0.1) is 13.7 Å². The van der Waals surface area contributed by atoms with Gasteiger partial charge >= 0.3 is 12.1 Å². The van der Waals surface area contributed by atoms with Crippen LogP contribution in [0.15, 0.2) is 4.42 Å². The van der Waals surface area contributed by atoms with Crippen LogP contribution in [0, 0.1) is 24.2 Å². The van der Waals surface area contributed by atoms with Crippen LogP contribution in [0.25, 0.3) is 0 Å². The molecular weight excluding hydrogens is 312 g/mol. The number of nitriles is 1. The molecule has 0 bridgehead atoms. The van der Waals surface area contributed by atoms with Crippen LogP contribution in [0.1, 0.15) is 61.2 Å². The summed E-state index contributed by atoms with van der Waals surface area (Å²) >= 11 is 0. The van der Waals surface area contributed by atoms with E-state index in [1.165, 1.54) is 14.0 Å². The lowest BCUT2D eigenvalue weighted by Crippen LogP contribution is -2.19. The van der Waals surface area contributed by atoms with E-state index in [0.29, 0.717) is 12.5 Å². The summed E-state index contributed by atoms with van der Waals surface area (Å²) in [5, 5.41) is 11.6. The van der Waals surface area contributed by atoms with E-state index >= 15 is 0 Å². The summed E-state index contributed by atoms with van der Waals surface area (Å²) in [5.74, 6) is -0.306. The summed E-state index contributed by atoms with van der Waals surface area (Å²) in [5.41, 5.74) is -0.0704. The number of hydrogen-bond donors (Lipinski definition) is 1. The first-order chi connectivity index (χ1) is 11.5. The van der Waals surface area contributed by atoms with Crippen molar-refractivity contribution in [2.24, 2.45) is 5.92 Å². The van der Waals surface area contributed by atoms with Crippen LogP contribution >= 0.6 is 0 Å². The quantitative estimate of drug-likeness (QED) is 0.720. The van der Waals surface area contributed by atoms with Crippen molar-refractivity contribution in [3.8, 4) is 6.07 Å². The lowest BCUT2D eigenvalue weighted by Gasteiger charge is -2.14. The molecule has 24 heavy (non-hydrogen) atoms. The van der Waals surface area contributed by atoms with Crippen LogP contribution in [-0.2, 0) is 9.47 Å². The van der Waals surface area contributed by atoms with Crippen LogP contribution in [0.2, 0.25) is 0 Å². The summed E-state index contributed by atoms with van der Waals surface area (Å²) in [6.45, 7) is 5.98. The Hall–Kier alpha value is -2.49. The number of hydrogen-bond acceptors (Lipinski definition) is 6. The number of furan rings is 1. The monoisotopic (exact) mass is 336 g/mol. The second-order valence-electron chi connectivity index (χ2n) is 5.48. The molecule has 0 aliphatic rings. The van der Waals surface area contributed by atoms with Crippen LogP contribution in [0.3, 0.4) is 0 Å². The molecule has 1 amide bonds. The molecule has 0 aromatic carbocycles. The Morgan fingerprint density at radius 2 is 2.08 bits per heavy atom. The molecule has 1 heterocycles. The molecule has 0 aliphatic heterocycles. The summed E-state index contributed by atoms with van der Waals surface area (Å²) in [6.07, 6.45) is 3.38. The first kappa shape index (κ1) is 19.6. The highest BCUT2D eigenvalue weighted by molar-refractivity contribution is 5.96. The highest BCUT2D eigenvalue weighted by atomic mass is 16.6. The Morgan fingerprint density at radius 3 is 2.62 bits per heavy atom. The number of unbranched alkanes of at least 4 members (excludes halogenated alkanes) is 1. The van der Waals surface area contributed by atoms with Gasteiger partial charge in [-0.3, -0.25) is 5.32 Å². The molecule has 0 saturated carbocycles. The summed E-state index contributed by atoms with van der Waals surface area (Å²) in [7, 11) is 1.21. The predicted molar refractivity (Wildman–Crippen MR) is 87.8 cm³/mol. The number of carbonyl (C=O) groups excluding carboxylic acids is 2. The molecule has 1 N–H and O–H groups in total. The van der Waals surface area contributed by atoms with Gasteiger partial charge in [0.15, 0.2) is 0 Å². The number of carbonyl (C=O) groups is 2. The van der Waals surface area contributed by atoms with Crippen LogP contribution in [-0.4, -0.2) is 25.8 Å². The lowest BCUT2D eigenvalue weighted by atomic mass is 10.0. The van der Waals surface area contributed by atoms with Crippen LogP contribution < -0.4 is 5.32 Å². The van der Waals surface area contributed by atoms with Gasteiger partial charge in [0.2, 0.25) is 5.88 Å². The molecule has 132 valence electrons. The second-order valence-corrected chi connectivity index (χ2v) is 5.48. The maximum absolute atomic E-state index is 11.9. The summed E-state index contributed by atoms with van der Waals surface area (Å²) < 4.78 is 15.1. The highest BCUT2D eigenvalue weighted by Gasteiger charge is 2.25. The molecule has 0 spiro atoms. The molecule has 1 atom stereocenters. The standard InChI is InChI=1S/C17H24N2O5/c1-5-7-8-12(6-2)10-23-17(21)19-15-13(9-18)14(11(3)24-15)16(20)22-4/h12H,5-8,10H2,1-4H3,(H,19,21). The molecule has 1 aromatic heterocycles. The number of esters is 1. The van der Waals surface area contributed by atoms with Crippen LogP contribution in [0.5, 0.6) is 0 Å². The average molecular weight is 336 g/mol. The van der Waals surface area contributed by atoms with Crippen molar-refractivity contribution in [1.82, 2.24) is 0 Å². The van der Waals surface area contributed by atoms with Gasteiger partial charge in [0.25, 0.3) is 0 Å². The number of anilines is 1. The molecule has 7 heteroatoms. The molecule has 7 nitrogen and oxygen atoms in total. The van der Waals surface area contributed by atoms with Crippen molar-refractivity contribution in [3.05, 3.63) is 16.9 Å². The molecule has 0 fully saturated rings. The first-order valence-corrected chi connectivity index (χ1v) is 8.03. The molecule has 1 aromatic rings. The van der Waals surface area contributed by atoms with E-state index in [2.05, 4.69) is 17.0 Å². The van der Waals surface area contributed by atoms with Crippen molar-refractivity contribution in [2.45, 2.75) is 46.5 Å². The zero-order chi connectivity index (χ0) is 18.1. The Morgan fingerprint density at radius 1 is 1.38 bits per heavy atom. The fourth-order valence-corrected chi connectivity index (χ4v) is 2.31. The van der Waals surface area contributed by atoms with Crippen LogP contribution in [0.4, 0.5) is 10.7 Å². The van der Waals surface area contributed by atoms with Gasteiger partial charge in [-0.1, -0.05) is 33.1 Å². The highest BCUT2D eigenvalue weighted by Crippen LogP contribution is 2.27.